The average Bonchev–Trinajstić information content (AvgIpc) is 3.43. The molecule has 8 heteroatoms. The molecule has 210 valence electrons. The van der Waals surface area contributed by atoms with Gasteiger partial charge in [-0.1, -0.05) is 79.6 Å². The van der Waals surface area contributed by atoms with Gasteiger partial charge in [0.05, 0.1) is 16.5 Å². The summed E-state index contributed by atoms with van der Waals surface area (Å²) < 4.78 is 5.83. The standard InChI is InChI=1S/C33H32N2O6/c1-21(2)19-33(31(38)41-35-29(36)26-13-7-8-14-27(26)30(35)37)15-17-34(18-16-33)32(39)40-20-28-24-11-5-3-9-22(24)23-10-4-6-12-25(23)28/h3-14,21,28H,15-20H2,1-2H3. The molecule has 0 N–H and O–H groups in total. The summed E-state index contributed by atoms with van der Waals surface area (Å²) in [5.74, 6) is -1.78. The molecule has 1 fully saturated rings. The Morgan fingerprint density at radius 2 is 1.29 bits per heavy atom. The Kier molecular flexibility index (Phi) is 6.85. The van der Waals surface area contributed by atoms with Gasteiger partial charge in [0.2, 0.25) is 0 Å². The molecule has 0 radical (unpaired) electrons. The maximum atomic E-state index is 13.6. The van der Waals surface area contributed by atoms with Gasteiger partial charge in [-0.15, -0.1) is 0 Å². The number of hydroxylamine groups is 2. The highest BCUT2D eigenvalue weighted by Crippen LogP contribution is 2.45. The molecule has 1 aliphatic carbocycles. The zero-order valence-electron chi connectivity index (χ0n) is 23.2. The highest BCUT2D eigenvalue weighted by atomic mass is 16.7. The Morgan fingerprint density at radius 3 is 1.80 bits per heavy atom. The van der Waals surface area contributed by atoms with Crippen LogP contribution in [0.25, 0.3) is 11.1 Å². The normalized spacial score (nSPS) is 17.3. The van der Waals surface area contributed by atoms with Gasteiger partial charge in [0.1, 0.15) is 6.61 Å². The fourth-order valence-corrected chi connectivity index (χ4v) is 6.51. The van der Waals surface area contributed by atoms with Gasteiger partial charge in [0.25, 0.3) is 11.8 Å². The quantitative estimate of drug-likeness (QED) is 0.358. The van der Waals surface area contributed by atoms with Crippen LogP contribution in [0.3, 0.4) is 0 Å². The van der Waals surface area contributed by atoms with E-state index < -0.39 is 29.3 Å². The monoisotopic (exact) mass is 552 g/mol. The Hall–Kier alpha value is -4.46. The van der Waals surface area contributed by atoms with Crippen LogP contribution in [0.4, 0.5) is 4.79 Å². The Bertz CT molecular complexity index is 1460. The van der Waals surface area contributed by atoms with Crippen molar-refractivity contribution in [3.05, 3.63) is 95.1 Å². The Morgan fingerprint density at radius 1 is 0.805 bits per heavy atom. The lowest BCUT2D eigenvalue weighted by Gasteiger charge is -2.40. The van der Waals surface area contributed by atoms with Crippen LogP contribution in [-0.2, 0) is 14.4 Å². The molecule has 8 nitrogen and oxygen atoms in total. The van der Waals surface area contributed by atoms with Crippen molar-refractivity contribution in [2.75, 3.05) is 19.7 Å². The fourth-order valence-electron chi connectivity index (χ4n) is 6.51. The molecular formula is C33H32N2O6. The van der Waals surface area contributed by atoms with Crippen LogP contribution in [0.2, 0.25) is 0 Å². The minimum atomic E-state index is -0.927. The molecule has 0 spiro atoms. The van der Waals surface area contributed by atoms with Gasteiger partial charge in [-0.05, 0) is 59.6 Å². The van der Waals surface area contributed by atoms with Crippen molar-refractivity contribution in [3.63, 3.8) is 0 Å². The maximum Gasteiger partial charge on any atom is 0.409 e. The van der Waals surface area contributed by atoms with E-state index in [1.165, 1.54) is 0 Å². The number of piperidine rings is 1. The molecule has 6 rings (SSSR count). The minimum absolute atomic E-state index is 0.0363. The van der Waals surface area contributed by atoms with Gasteiger partial charge >= 0.3 is 12.1 Å². The van der Waals surface area contributed by atoms with Crippen LogP contribution in [-0.4, -0.2) is 53.5 Å². The molecule has 0 aromatic heterocycles. The van der Waals surface area contributed by atoms with Crippen LogP contribution >= 0.6 is 0 Å². The van der Waals surface area contributed by atoms with Gasteiger partial charge in [-0.25, -0.2) is 9.59 Å². The number of fused-ring (bicyclic) bond motifs is 4. The van der Waals surface area contributed by atoms with Crippen molar-refractivity contribution in [2.24, 2.45) is 11.3 Å². The molecule has 0 saturated carbocycles. The molecule has 2 heterocycles. The first kappa shape index (κ1) is 26.7. The second-order valence-electron chi connectivity index (χ2n) is 11.5. The number of ether oxygens (including phenoxy) is 1. The molecule has 3 aliphatic rings. The van der Waals surface area contributed by atoms with E-state index in [1.807, 2.05) is 38.1 Å². The number of nitrogens with zero attached hydrogens (tertiary/aromatic N) is 2. The smallest absolute Gasteiger partial charge is 0.409 e. The third kappa shape index (κ3) is 4.67. The van der Waals surface area contributed by atoms with E-state index in [1.54, 1.807) is 29.2 Å². The third-order valence-corrected chi connectivity index (χ3v) is 8.48. The summed E-state index contributed by atoms with van der Waals surface area (Å²) in [7, 11) is 0. The maximum absolute atomic E-state index is 13.6. The summed E-state index contributed by atoms with van der Waals surface area (Å²) >= 11 is 0. The molecular weight excluding hydrogens is 520 g/mol. The Labute approximate surface area is 238 Å². The van der Waals surface area contributed by atoms with E-state index in [4.69, 9.17) is 9.57 Å². The molecule has 3 aromatic rings. The lowest BCUT2D eigenvalue weighted by Crippen LogP contribution is -2.49. The number of carbonyl (C=O) groups excluding carboxylic acids is 4. The average molecular weight is 553 g/mol. The van der Waals surface area contributed by atoms with Crippen LogP contribution in [0.5, 0.6) is 0 Å². The molecule has 41 heavy (non-hydrogen) atoms. The highest BCUT2D eigenvalue weighted by molar-refractivity contribution is 6.20. The first-order valence-electron chi connectivity index (χ1n) is 14.1. The van der Waals surface area contributed by atoms with Gasteiger partial charge < -0.3 is 14.5 Å². The fraction of sp³-hybridized carbons (Fsp3) is 0.333. The largest absolute Gasteiger partial charge is 0.448 e. The summed E-state index contributed by atoms with van der Waals surface area (Å²) in [5, 5.41) is 0.576. The first-order valence-corrected chi connectivity index (χ1v) is 14.1. The summed E-state index contributed by atoms with van der Waals surface area (Å²) in [6.45, 7) is 4.85. The SMILES string of the molecule is CC(C)CC1(C(=O)ON2C(=O)c3ccccc3C2=O)CCN(C(=O)OCC2c3ccccc3-c3ccccc32)CC1. The zero-order chi connectivity index (χ0) is 28.7. The summed E-state index contributed by atoms with van der Waals surface area (Å²) in [6.07, 6.45) is 0.779. The minimum Gasteiger partial charge on any atom is -0.448 e. The number of amides is 3. The van der Waals surface area contributed by atoms with Crippen molar-refractivity contribution in [3.8, 4) is 11.1 Å². The second kappa shape index (κ2) is 10.5. The molecule has 3 amide bonds. The number of hydrogen-bond donors (Lipinski definition) is 0. The number of imide groups is 1. The predicted octanol–water partition coefficient (Wildman–Crippen LogP) is 5.82. The van der Waals surface area contributed by atoms with Crippen molar-refractivity contribution in [2.45, 2.75) is 39.0 Å². The summed E-state index contributed by atoms with van der Waals surface area (Å²) in [5.41, 5.74) is 4.12. The summed E-state index contributed by atoms with van der Waals surface area (Å²) in [6, 6.07) is 22.8. The second-order valence-corrected chi connectivity index (χ2v) is 11.5. The van der Waals surface area contributed by atoms with E-state index in [2.05, 4.69) is 24.3 Å². The van der Waals surface area contributed by atoms with E-state index in [0.717, 1.165) is 22.3 Å². The lowest BCUT2D eigenvalue weighted by atomic mass is 9.73. The van der Waals surface area contributed by atoms with E-state index >= 15 is 0 Å². The van der Waals surface area contributed by atoms with Gasteiger partial charge in [0, 0.05) is 19.0 Å². The Balaban J connectivity index is 1.11. The van der Waals surface area contributed by atoms with Crippen molar-refractivity contribution >= 4 is 23.9 Å². The third-order valence-electron chi connectivity index (χ3n) is 8.48. The first-order chi connectivity index (χ1) is 19.8. The van der Waals surface area contributed by atoms with Crippen LogP contribution in [0.1, 0.15) is 70.9 Å². The number of hydrogen-bond acceptors (Lipinski definition) is 6. The number of rotatable bonds is 6. The number of carbonyl (C=O) groups is 4. The highest BCUT2D eigenvalue weighted by Gasteiger charge is 2.48. The van der Waals surface area contributed by atoms with Crippen molar-refractivity contribution in [1.29, 1.82) is 0 Å². The molecule has 3 aromatic carbocycles. The van der Waals surface area contributed by atoms with Gasteiger partial charge in [0.15, 0.2) is 0 Å². The van der Waals surface area contributed by atoms with Crippen molar-refractivity contribution < 1.29 is 28.8 Å². The van der Waals surface area contributed by atoms with Gasteiger partial charge in [-0.3, -0.25) is 9.59 Å². The van der Waals surface area contributed by atoms with E-state index in [-0.39, 0.29) is 29.6 Å². The molecule has 1 saturated heterocycles. The number of benzene rings is 3. The van der Waals surface area contributed by atoms with Crippen LogP contribution in [0.15, 0.2) is 72.8 Å². The zero-order valence-corrected chi connectivity index (χ0v) is 23.2. The predicted molar refractivity (Wildman–Crippen MR) is 151 cm³/mol. The topological polar surface area (TPSA) is 93.2 Å². The van der Waals surface area contributed by atoms with Gasteiger partial charge in [-0.2, -0.15) is 0 Å². The van der Waals surface area contributed by atoms with E-state index in [0.29, 0.717) is 37.4 Å². The molecule has 0 atom stereocenters. The lowest BCUT2D eigenvalue weighted by molar-refractivity contribution is -0.185. The molecule has 0 unspecified atom stereocenters. The molecule has 0 bridgehead atoms. The molecule has 2 aliphatic heterocycles. The summed E-state index contributed by atoms with van der Waals surface area (Å²) in [4.78, 5) is 59.4. The van der Waals surface area contributed by atoms with E-state index in [9.17, 15) is 19.2 Å². The van der Waals surface area contributed by atoms with Crippen LogP contribution in [0, 0.1) is 11.3 Å². The number of likely N-dealkylation sites (tertiary alicyclic amines) is 1. The van der Waals surface area contributed by atoms with Crippen LogP contribution < -0.4 is 0 Å². The van der Waals surface area contributed by atoms with Crippen molar-refractivity contribution in [1.82, 2.24) is 9.96 Å².